The first-order chi connectivity index (χ1) is 7.80. The number of carbonyl (C=O) groups excluding carboxylic acids is 2. The Morgan fingerprint density at radius 2 is 2.06 bits per heavy atom. The van der Waals surface area contributed by atoms with E-state index in [1.165, 1.54) is 18.3 Å². The molecule has 6 nitrogen and oxygen atoms in total. The minimum Gasteiger partial charge on any atom is -0.619 e. The van der Waals surface area contributed by atoms with Crippen LogP contribution < -0.4 is 10.2 Å². The summed E-state index contributed by atoms with van der Waals surface area (Å²) < 4.78 is 0.487. The molecule has 0 saturated heterocycles. The molecule has 0 aromatic carbocycles. The summed E-state index contributed by atoms with van der Waals surface area (Å²) in [6, 6.07) is 2.86. The first-order valence-electron chi connectivity index (χ1n) is 5.01. The summed E-state index contributed by atoms with van der Waals surface area (Å²) in [4.78, 5) is 27.5. The van der Waals surface area contributed by atoms with Crippen molar-refractivity contribution in [1.82, 2.24) is 5.48 Å². The Kier molecular flexibility index (Phi) is 3.67. The van der Waals surface area contributed by atoms with Crippen molar-refractivity contribution in [3.63, 3.8) is 0 Å². The van der Waals surface area contributed by atoms with E-state index in [-0.39, 0.29) is 5.56 Å². The van der Waals surface area contributed by atoms with E-state index >= 15 is 0 Å². The van der Waals surface area contributed by atoms with Gasteiger partial charge in [0.15, 0.2) is 12.4 Å². The van der Waals surface area contributed by atoms with E-state index in [9.17, 15) is 14.8 Å². The highest BCUT2D eigenvalue weighted by molar-refractivity contribution is 5.93. The van der Waals surface area contributed by atoms with Crippen LogP contribution >= 0.6 is 0 Å². The highest BCUT2D eigenvalue weighted by atomic mass is 16.7. The Labute approximate surface area is 98.7 Å². The molecule has 92 valence electrons. The third kappa shape index (κ3) is 3.75. The highest BCUT2D eigenvalue weighted by Crippen LogP contribution is 2.14. The summed E-state index contributed by atoms with van der Waals surface area (Å²) in [6.07, 6.45) is 2.33. The maximum atomic E-state index is 11.5. The van der Waals surface area contributed by atoms with Crippen molar-refractivity contribution in [3.8, 4) is 0 Å². The molecule has 1 heterocycles. The lowest BCUT2D eigenvalue weighted by Gasteiger charge is -2.15. The van der Waals surface area contributed by atoms with Gasteiger partial charge >= 0.3 is 5.97 Å². The molecule has 1 aromatic heterocycles. The van der Waals surface area contributed by atoms with Crippen LogP contribution in [-0.4, -0.2) is 11.9 Å². The van der Waals surface area contributed by atoms with Crippen molar-refractivity contribution in [1.29, 1.82) is 0 Å². The van der Waals surface area contributed by atoms with Gasteiger partial charge in [0.25, 0.3) is 5.91 Å². The molecule has 0 atom stereocenters. The average molecular weight is 238 g/mol. The van der Waals surface area contributed by atoms with Crippen LogP contribution in [0.25, 0.3) is 0 Å². The van der Waals surface area contributed by atoms with E-state index in [1.54, 1.807) is 20.8 Å². The van der Waals surface area contributed by atoms with Gasteiger partial charge in [0.1, 0.15) is 5.56 Å². The number of nitrogens with zero attached hydrogens (tertiary/aromatic N) is 1. The average Bonchev–Trinajstić information content (AvgIpc) is 2.24. The second-order valence-electron chi connectivity index (χ2n) is 4.52. The van der Waals surface area contributed by atoms with Crippen LogP contribution in [-0.2, 0) is 9.63 Å². The first-order valence-corrected chi connectivity index (χ1v) is 5.01. The summed E-state index contributed by atoms with van der Waals surface area (Å²) in [5, 5.41) is 10.9. The smallest absolute Gasteiger partial charge is 0.337 e. The van der Waals surface area contributed by atoms with Crippen molar-refractivity contribution in [2.24, 2.45) is 5.41 Å². The molecular weight excluding hydrogens is 224 g/mol. The fourth-order valence-corrected chi connectivity index (χ4v) is 0.894. The Morgan fingerprint density at radius 3 is 2.59 bits per heavy atom. The zero-order valence-electron chi connectivity index (χ0n) is 9.89. The van der Waals surface area contributed by atoms with Gasteiger partial charge in [-0.1, -0.05) is 0 Å². The molecule has 0 radical (unpaired) electrons. The predicted molar refractivity (Wildman–Crippen MR) is 58.4 cm³/mol. The van der Waals surface area contributed by atoms with Gasteiger partial charge in [0, 0.05) is 6.07 Å². The molecule has 0 aliphatic heterocycles. The van der Waals surface area contributed by atoms with Gasteiger partial charge in [-0.2, -0.15) is 10.2 Å². The van der Waals surface area contributed by atoms with Crippen molar-refractivity contribution >= 4 is 11.9 Å². The Morgan fingerprint density at radius 1 is 1.41 bits per heavy atom. The van der Waals surface area contributed by atoms with Gasteiger partial charge < -0.3 is 10.0 Å². The number of aromatic nitrogens is 1. The van der Waals surface area contributed by atoms with Crippen molar-refractivity contribution in [2.45, 2.75) is 20.8 Å². The van der Waals surface area contributed by atoms with Gasteiger partial charge in [0.2, 0.25) is 0 Å². The minimum atomic E-state index is -0.706. The lowest BCUT2D eigenvalue weighted by molar-refractivity contribution is -0.605. The molecule has 0 unspecified atom stereocenters. The Hall–Kier alpha value is -2.11. The molecule has 1 rings (SSSR count). The molecular formula is C11H14N2O4. The topological polar surface area (TPSA) is 82.3 Å². The highest BCUT2D eigenvalue weighted by Gasteiger charge is 2.24. The second kappa shape index (κ2) is 4.82. The number of hydrogen-bond donors (Lipinski definition) is 1. The van der Waals surface area contributed by atoms with Crippen LogP contribution in [0.2, 0.25) is 0 Å². The largest absolute Gasteiger partial charge is 0.619 e. The third-order valence-corrected chi connectivity index (χ3v) is 1.89. The molecule has 1 N–H and O–H groups in total. The normalized spacial score (nSPS) is 10.8. The van der Waals surface area contributed by atoms with Gasteiger partial charge in [-0.25, -0.2) is 4.79 Å². The maximum absolute atomic E-state index is 11.5. The Balaban J connectivity index is 2.60. The quantitative estimate of drug-likeness (QED) is 0.440. The van der Waals surface area contributed by atoms with Crippen molar-refractivity contribution in [3.05, 3.63) is 35.3 Å². The number of amides is 1. The summed E-state index contributed by atoms with van der Waals surface area (Å²) in [5.41, 5.74) is 1.40. The molecule has 0 aliphatic carbocycles. The number of rotatable bonds is 1. The van der Waals surface area contributed by atoms with Crippen LogP contribution in [0, 0.1) is 10.6 Å². The fourth-order valence-electron chi connectivity index (χ4n) is 0.894. The van der Waals surface area contributed by atoms with Gasteiger partial charge in [-0.15, -0.1) is 0 Å². The number of carbonyl (C=O) groups is 2. The van der Waals surface area contributed by atoms with Gasteiger partial charge in [0.05, 0.1) is 5.41 Å². The molecule has 1 aromatic rings. The summed E-state index contributed by atoms with van der Waals surface area (Å²) in [6.45, 7) is 4.99. The lowest BCUT2D eigenvalue weighted by Crippen LogP contribution is -2.34. The summed E-state index contributed by atoms with van der Waals surface area (Å²) in [5.74, 6) is -1.20. The van der Waals surface area contributed by atoms with Gasteiger partial charge in [-0.05, 0) is 26.8 Å². The van der Waals surface area contributed by atoms with E-state index in [0.717, 1.165) is 6.20 Å². The monoisotopic (exact) mass is 238 g/mol. The summed E-state index contributed by atoms with van der Waals surface area (Å²) in [7, 11) is 0. The van der Waals surface area contributed by atoms with E-state index in [2.05, 4.69) is 4.84 Å². The number of hydroxylamine groups is 1. The number of nitrogens with one attached hydrogen (secondary N) is 1. The van der Waals surface area contributed by atoms with Crippen LogP contribution in [0.3, 0.4) is 0 Å². The zero-order chi connectivity index (χ0) is 13.1. The molecule has 17 heavy (non-hydrogen) atoms. The molecule has 0 fully saturated rings. The second-order valence-corrected chi connectivity index (χ2v) is 4.52. The molecule has 6 heteroatoms. The van der Waals surface area contributed by atoms with Crippen molar-refractivity contribution < 1.29 is 19.2 Å². The fraction of sp³-hybridized carbons (Fsp3) is 0.364. The lowest BCUT2D eigenvalue weighted by atomic mass is 9.98. The van der Waals surface area contributed by atoms with E-state index in [1.807, 2.05) is 5.48 Å². The molecule has 0 saturated carbocycles. The van der Waals surface area contributed by atoms with Crippen LogP contribution in [0.4, 0.5) is 0 Å². The molecule has 0 aliphatic rings. The minimum absolute atomic E-state index is 0.115. The predicted octanol–water partition coefficient (Wildman–Crippen LogP) is 0.554. The SMILES string of the molecule is CC(C)(C)C(=O)ONC(=O)c1ccc[n+]([O-])c1. The first kappa shape index (κ1) is 13.0. The number of hydrogen-bond acceptors (Lipinski definition) is 4. The standard InChI is InChI=1S/C11H14N2O4/c1-11(2,3)10(15)17-12-9(14)8-5-4-6-13(16)7-8/h4-7H,1-3H3,(H,12,14). The van der Waals surface area contributed by atoms with E-state index in [0.29, 0.717) is 4.73 Å². The van der Waals surface area contributed by atoms with E-state index in [4.69, 9.17) is 0 Å². The number of pyridine rings is 1. The van der Waals surface area contributed by atoms with Gasteiger partial charge in [-0.3, -0.25) is 4.79 Å². The summed E-state index contributed by atoms with van der Waals surface area (Å²) >= 11 is 0. The van der Waals surface area contributed by atoms with Crippen molar-refractivity contribution in [2.75, 3.05) is 0 Å². The van der Waals surface area contributed by atoms with Crippen LogP contribution in [0.15, 0.2) is 24.5 Å². The van der Waals surface area contributed by atoms with Crippen LogP contribution in [0.1, 0.15) is 31.1 Å². The molecule has 0 spiro atoms. The maximum Gasteiger partial charge on any atom is 0.337 e. The Bertz CT molecular complexity index is 437. The van der Waals surface area contributed by atoms with E-state index < -0.39 is 17.3 Å². The molecule has 0 bridgehead atoms. The third-order valence-electron chi connectivity index (χ3n) is 1.89. The zero-order valence-corrected chi connectivity index (χ0v) is 9.89. The van der Waals surface area contributed by atoms with Crippen LogP contribution in [0.5, 0.6) is 0 Å². The molecule has 1 amide bonds.